The van der Waals surface area contributed by atoms with E-state index >= 15 is 0 Å². The summed E-state index contributed by atoms with van der Waals surface area (Å²) >= 11 is 5.23. The van der Waals surface area contributed by atoms with Crippen molar-refractivity contribution in [3.05, 3.63) is 54.1 Å². The van der Waals surface area contributed by atoms with Crippen LogP contribution in [0.2, 0.25) is 0 Å². The number of benzene rings is 2. The second-order valence-corrected chi connectivity index (χ2v) is 4.90. The highest BCUT2D eigenvalue weighted by Gasteiger charge is 1.98. The van der Waals surface area contributed by atoms with E-state index in [1.165, 1.54) is 5.56 Å². The number of rotatable bonds is 6. The van der Waals surface area contributed by atoms with Crippen LogP contribution >= 0.6 is 11.6 Å². The summed E-state index contributed by atoms with van der Waals surface area (Å²) in [5.74, 6) is 0.669. The molecule has 0 bridgehead atoms. The molecule has 2 rings (SSSR count). The highest BCUT2D eigenvalue weighted by molar-refractivity contribution is 6.63. The highest BCUT2D eigenvalue weighted by atomic mass is 35.5. The molecule has 0 saturated carbocycles. The molecule has 0 unspecified atom stereocenters. The van der Waals surface area contributed by atoms with E-state index in [1.807, 2.05) is 31.2 Å². The number of hydrogen-bond donors (Lipinski definition) is 0. The van der Waals surface area contributed by atoms with Crippen molar-refractivity contribution in [3.8, 4) is 5.75 Å². The molecule has 21 heavy (non-hydrogen) atoms. The summed E-state index contributed by atoms with van der Waals surface area (Å²) in [5, 5.41) is 7.90. The maximum Gasteiger partial charge on any atom is 0.225 e. The first-order valence-electron chi connectivity index (χ1n) is 6.53. The average molecular weight is 303 g/mol. The average Bonchev–Trinajstić information content (AvgIpc) is 2.48. The summed E-state index contributed by atoms with van der Waals surface area (Å²) in [7, 11) is 0. The minimum Gasteiger partial charge on any atom is -0.493 e. The van der Waals surface area contributed by atoms with Crippen LogP contribution in [0, 0.1) is 6.92 Å². The lowest BCUT2D eigenvalue weighted by molar-refractivity contribution is -0.112. The minimum absolute atomic E-state index is 0.191. The summed E-state index contributed by atoms with van der Waals surface area (Å²) in [6.07, 6.45) is 0.191. The zero-order valence-electron chi connectivity index (χ0n) is 11.6. The Morgan fingerprint density at radius 3 is 2.05 bits per heavy atom. The third-order valence-corrected chi connectivity index (χ3v) is 2.91. The first kappa shape index (κ1) is 15.2. The van der Waals surface area contributed by atoms with Crippen LogP contribution in [0.5, 0.6) is 5.75 Å². The lowest BCUT2D eigenvalue weighted by Gasteiger charge is -2.03. The minimum atomic E-state index is -0.404. The Morgan fingerprint density at radius 1 is 1.00 bits per heavy atom. The number of halogens is 1. The monoisotopic (exact) mass is 302 g/mol. The van der Waals surface area contributed by atoms with Crippen molar-refractivity contribution in [2.45, 2.75) is 13.3 Å². The number of nitrogens with zero attached hydrogens (tertiary/aromatic N) is 2. The van der Waals surface area contributed by atoms with Crippen molar-refractivity contribution in [1.29, 1.82) is 0 Å². The molecule has 0 radical (unpaired) electrons. The van der Waals surface area contributed by atoms with Crippen LogP contribution in [0.15, 0.2) is 58.8 Å². The van der Waals surface area contributed by atoms with Crippen LogP contribution in [0.3, 0.4) is 0 Å². The van der Waals surface area contributed by atoms with E-state index in [4.69, 9.17) is 16.3 Å². The van der Waals surface area contributed by atoms with E-state index < -0.39 is 5.24 Å². The SMILES string of the molecule is Cc1ccc(N=Nc2ccc(OCCC(=O)Cl)cc2)cc1. The highest BCUT2D eigenvalue weighted by Crippen LogP contribution is 2.21. The third-order valence-electron chi connectivity index (χ3n) is 2.72. The molecule has 0 aliphatic rings. The van der Waals surface area contributed by atoms with Gasteiger partial charge in [-0.2, -0.15) is 10.2 Å². The Morgan fingerprint density at radius 2 is 1.52 bits per heavy atom. The van der Waals surface area contributed by atoms with Crippen LogP contribution in [-0.4, -0.2) is 11.8 Å². The molecule has 0 heterocycles. The Labute approximate surface area is 128 Å². The van der Waals surface area contributed by atoms with E-state index in [0.29, 0.717) is 5.75 Å². The van der Waals surface area contributed by atoms with Crippen molar-refractivity contribution in [2.24, 2.45) is 10.2 Å². The second-order valence-electron chi connectivity index (χ2n) is 4.48. The fourth-order valence-electron chi connectivity index (χ4n) is 1.59. The molecule has 0 atom stereocenters. The number of carbonyl (C=O) groups excluding carboxylic acids is 1. The molecule has 0 spiro atoms. The zero-order valence-corrected chi connectivity index (χ0v) is 12.4. The van der Waals surface area contributed by atoms with Gasteiger partial charge in [-0.1, -0.05) is 17.7 Å². The first-order valence-corrected chi connectivity index (χ1v) is 6.91. The second kappa shape index (κ2) is 7.55. The van der Waals surface area contributed by atoms with Crippen molar-refractivity contribution in [3.63, 3.8) is 0 Å². The van der Waals surface area contributed by atoms with Crippen LogP contribution in [-0.2, 0) is 4.79 Å². The van der Waals surface area contributed by atoms with Crippen molar-refractivity contribution < 1.29 is 9.53 Å². The van der Waals surface area contributed by atoms with Gasteiger partial charge in [-0.15, -0.1) is 0 Å². The Kier molecular flexibility index (Phi) is 5.46. The van der Waals surface area contributed by atoms with Crippen LogP contribution in [0.25, 0.3) is 0 Å². The van der Waals surface area contributed by atoms with Crippen molar-refractivity contribution >= 4 is 28.2 Å². The number of azo groups is 1. The van der Waals surface area contributed by atoms with Crippen LogP contribution in [0.1, 0.15) is 12.0 Å². The molecule has 2 aromatic rings. The number of aryl methyl sites for hydroxylation is 1. The fraction of sp³-hybridized carbons (Fsp3) is 0.188. The summed E-state index contributed by atoms with van der Waals surface area (Å²) < 4.78 is 5.37. The smallest absolute Gasteiger partial charge is 0.225 e. The molecular formula is C16H15ClN2O2. The van der Waals surface area contributed by atoms with Gasteiger partial charge in [-0.05, 0) is 54.9 Å². The van der Waals surface area contributed by atoms with Gasteiger partial charge in [0.25, 0.3) is 0 Å². The lowest BCUT2D eigenvalue weighted by atomic mass is 10.2. The van der Waals surface area contributed by atoms with E-state index in [1.54, 1.807) is 24.3 Å². The molecule has 0 saturated heterocycles. The van der Waals surface area contributed by atoms with Gasteiger partial charge in [0.1, 0.15) is 5.75 Å². The normalized spacial score (nSPS) is 10.8. The molecule has 0 aliphatic heterocycles. The summed E-state index contributed by atoms with van der Waals surface area (Å²) in [6, 6.07) is 15.0. The maximum atomic E-state index is 10.6. The standard InChI is InChI=1S/C16H15ClN2O2/c1-12-2-4-13(5-3-12)18-19-14-6-8-15(9-7-14)21-11-10-16(17)20/h2-9H,10-11H2,1H3. The molecule has 2 aromatic carbocycles. The summed E-state index contributed by atoms with van der Waals surface area (Å²) in [5.41, 5.74) is 2.73. The van der Waals surface area contributed by atoms with Crippen LogP contribution in [0.4, 0.5) is 11.4 Å². The Hall–Kier alpha value is -2.20. The molecule has 0 aliphatic carbocycles. The Balaban J connectivity index is 1.92. The van der Waals surface area contributed by atoms with E-state index in [2.05, 4.69) is 10.2 Å². The fourth-order valence-corrected chi connectivity index (χ4v) is 1.66. The van der Waals surface area contributed by atoms with Gasteiger partial charge in [0.2, 0.25) is 5.24 Å². The van der Waals surface area contributed by atoms with Gasteiger partial charge in [0, 0.05) is 0 Å². The predicted octanol–water partition coefficient (Wildman–Crippen LogP) is 4.94. The van der Waals surface area contributed by atoms with Gasteiger partial charge in [0.05, 0.1) is 24.4 Å². The molecule has 0 aromatic heterocycles. The van der Waals surface area contributed by atoms with E-state index in [9.17, 15) is 4.79 Å². The number of carbonyl (C=O) groups is 1. The molecule has 108 valence electrons. The topological polar surface area (TPSA) is 51.0 Å². The lowest BCUT2D eigenvalue weighted by Crippen LogP contribution is -2.00. The molecule has 0 fully saturated rings. The van der Waals surface area contributed by atoms with E-state index in [0.717, 1.165) is 11.4 Å². The molecule has 4 nitrogen and oxygen atoms in total. The number of hydrogen-bond acceptors (Lipinski definition) is 4. The third kappa shape index (κ3) is 5.36. The molecule has 0 amide bonds. The summed E-state index contributed by atoms with van der Waals surface area (Å²) in [4.78, 5) is 10.6. The largest absolute Gasteiger partial charge is 0.493 e. The Bertz CT molecular complexity index is 622. The van der Waals surface area contributed by atoms with Crippen molar-refractivity contribution in [2.75, 3.05) is 6.61 Å². The van der Waals surface area contributed by atoms with Gasteiger partial charge < -0.3 is 4.74 Å². The zero-order chi connectivity index (χ0) is 15.1. The van der Waals surface area contributed by atoms with E-state index in [-0.39, 0.29) is 13.0 Å². The molecule has 0 N–H and O–H groups in total. The van der Waals surface area contributed by atoms with Gasteiger partial charge in [-0.25, -0.2) is 0 Å². The quantitative estimate of drug-likeness (QED) is 0.560. The van der Waals surface area contributed by atoms with Crippen molar-refractivity contribution in [1.82, 2.24) is 0 Å². The maximum absolute atomic E-state index is 10.6. The molecule has 5 heteroatoms. The van der Waals surface area contributed by atoms with Gasteiger partial charge in [-0.3, -0.25) is 4.79 Å². The number of ether oxygens (including phenoxy) is 1. The first-order chi connectivity index (χ1) is 10.1. The predicted molar refractivity (Wildman–Crippen MR) is 82.8 cm³/mol. The van der Waals surface area contributed by atoms with Crippen LogP contribution < -0.4 is 4.74 Å². The molecular weight excluding hydrogens is 288 g/mol. The summed E-state index contributed by atoms with van der Waals surface area (Å²) in [6.45, 7) is 2.30. The van der Waals surface area contributed by atoms with Gasteiger partial charge in [0.15, 0.2) is 0 Å². The van der Waals surface area contributed by atoms with Gasteiger partial charge >= 0.3 is 0 Å².